The van der Waals surface area contributed by atoms with Gasteiger partial charge in [0.05, 0.1) is 0 Å². The zero-order valence-electron chi connectivity index (χ0n) is 16.1. The molecule has 3 aliphatic rings. The highest BCUT2D eigenvalue weighted by atomic mass is 127. The van der Waals surface area contributed by atoms with Crippen molar-refractivity contribution in [2.45, 2.75) is 38.5 Å². The second kappa shape index (κ2) is 8.80. The van der Waals surface area contributed by atoms with E-state index in [-0.39, 0.29) is 29.9 Å². The summed E-state index contributed by atoms with van der Waals surface area (Å²) in [4.78, 5) is 18.6. The van der Waals surface area contributed by atoms with Crippen LogP contribution in [0.1, 0.15) is 43.2 Å². The van der Waals surface area contributed by atoms with Gasteiger partial charge in [0, 0.05) is 32.6 Å². The fraction of sp³-hybridized carbons (Fsp3) is 0.619. The Morgan fingerprint density at radius 1 is 1.37 bits per heavy atom. The Morgan fingerprint density at radius 2 is 2.19 bits per heavy atom. The number of piperidine rings is 1. The predicted octanol–water partition coefficient (Wildman–Crippen LogP) is 2.74. The van der Waals surface area contributed by atoms with Crippen LogP contribution >= 0.6 is 24.0 Å². The number of likely N-dealkylation sites (tertiary alicyclic amines) is 1. The first kappa shape index (κ1) is 20.4. The summed E-state index contributed by atoms with van der Waals surface area (Å²) in [5.74, 6) is 3.40. The molecule has 0 radical (unpaired) electrons. The molecule has 3 N–H and O–H groups in total. The summed E-state index contributed by atoms with van der Waals surface area (Å²) < 4.78 is 0. The van der Waals surface area contributed by atoms with Gasteiger partial charge in [-0.3, -0.25) is 9.79 Å². The van der Waals surface area contributed by atoms with Crippen molar-refractivity contribution in [3.05, 3.63) is 35.4 Å². The molecule has 1 aliphatic heterocycles. The van der Waals surface area contributed by atoms with Crippen molar-refractivity contribution in [2.24, 2.45) is 28.5 Å². The Hall–Kier alpha value is -1.31. The van der Waals surface area contributed by atoms with Gasteiger partial charge in [-0.2, -0.15) is 0 Å². The number of benzene rings is 1. The lowest BCUT2D eigenvalue weighted by Gasteiger charge is -2.34. The van der Waals surface area contributed by atoms with Crippen LogP contribution in [0.4, 0.5) is 0 Å². The highest BCUT2D eigenvalue weighted by Gasteiger charge is 2.55. The molecule has 1 saturated heterocycles. The standard InChI is InChI=1S/C21H30N4O.HI/c1-2-23-21(25-9-5-6-14(13-25)10-19(22)26)24-12-18-17-11-15-7-3-4-8-16(15)20(17)18;/h3-4,7-8,14,17-18,20H,2,5-6,9-13H2,1H3,(H2,22,26)(H,23,24);1H. The van der Waals surface area contributed by atoms with Crippen molar-refractivity contribution >= 4 is 35.8 Å². The van der Waals surface area contributed by atoms with Gasteiger partial charge in [-0.1, -0.05) is 24.3 Å². The van der Waals surface area contributed by atoms with Gasteiger partial charge >= 0.3 is 0 Å². The molecule has 0 aromatic heterocycles. The summed E-state index contributed by atoms with van der Waals surface area (Å²) in [6, 6.07) is 8.89. The molecule has 148 valence electrons. The first-order chi connectivity index (χ1) is 12.7. The van der Waals surface area contributed by atoms with Crippen molar-refractivity contribution < 1.29 is 4.79 Å². The molecule has 1 amide bonds. The third-order valence-electron chi connectivity index (χ3n) is 6.30. The van der Waals surface area contributed by atoms with Gasteiger partial charge in [0.15, 0.2) is 5.96 Å². The fourth-order valence-electron chi connectivity index (χ4n) is 5.06. The molecule has 2 fully saturated rings. The van der Waals surface area contributed by atoms with Crippen molar-refractivity contribution in [2.75, 3.05) is 26.2 Å². The first-order valence-electron chi connectivity index (χ1n) is 10.1. The number of rotatable bonds is 5. The largest absolute Gasteiger partial charge is 0.370 e. The van der Waals surface area contributed by atoms with Crippen molar-refractivity contribution in [1.29, 1.82) is 0 Å². The molecule has 2 aliphatic carbocycles. The minimum absolute atomic E-state index is 0. The SMILES string of the molecule is CCNC(=NCC1C2Cc3ccccc3C12)N1CCCC(CC(N)=O)C1.I. The zero-order valence-corrected chi connectivity index (χ0v) is 18.4. The molecule has 4 unspecified atom stereocenters. The number of primary amides is 1. The number of nitrogens with one attached hydrogen (secondary N) is 1. The van der Waals surface area contributed by atoms with Gasteiger partial charge in [-0.25, -0.2) is 0 Å². The molecule has 0 spiro atoms. The maximum Gasteiger partial charge on any atom is 0.217 e. The average Bonchev–Trinajstić information content (AvgIpc) is 3.16. The first-order valence-corrected chi connectivity index (χ1v) is 10.1. The number of fused-ring (bicyclic) bond motifs is 3. The van der Waals surface area contributed by atoms with Crippen LogP contribution in [0.2, 0.25) is 0 Å². The quantitative estimate of drug-likeness (QED) is 0.385. The van der Waals surface area contributed by atoms with Gasteiger partial charge in [-0.05, 0) is 61.0 Å². The van der Waals surface area contributed by atoms with E-state index in [1.165, 1.54) is 6.42 Å². The number of nitrogens with zero attached hydrogens (tertiary/aromatic N) is 2. The van der Waals surface area contributed by atoms with Gasteiger partial charge in [0.2, 0.25) is 5.91 Å². The van der Waals surface area contributed by atoms with E-state index >= 15 is 0 Å². The van der Waals surface area contributed by atoms with Crippen molar-refractivity contribution in [3.63, 3.8) is 0 Å². The smallest absolute Gasteiger partial charge is 0.217 e. The van der Waals surface area contributed by atoms with E-state index in [4.69, 9.17) is 10.7 Å². The molecule has 0 bridgehead atoms. The number of guanidine groups is 1. The number of hydrogen-bond acceptors (Lipinski definition) is 2. The minimum Gasteiger partial charge on any atom is -0.370 e. The van der Waals surface area contributed by atoms with Gasteiger partial charge in [0.25, 0.3) is 0 Å². The predicted molar refractivity (Wildman–Crippen MR) is 119 cm³/mol. The van der Waals surface area contributed by atoms with E-state index in [9.17, 15) is 4.79 Å². The average molecular weight is 482 g/mol. The van der Waals surface area contributed by atoms with Crippen LogP contribution in [0, 0.1) is 17.8 Å². The monoisotopic (exact) mass is 482 g/mol. The van der Waals surface area contributed by atoms with E-state index in [1.54, 1.807) is 11.1 Å². The van der Waals surface area contributed by atoms with E-state index in [2.05, 4.69) is 41.4 Å². The van der Waals surface area contributed by atoms with E-state index in [0.717, 1.165) is 56.8 Å². The summed E-state index contributed by atoms with van der Waals surface area (Å²) in [6.07, 6.45) is 3.90. The lowest BCUT2D eigenvalue weighted by Crippen LogP contribution is -2.47. The second-order valence-electron chi connectivity index (χ2n) is 8.08. The number of aliphatic imine (C=N–C) groups is 1. The van der Waals surface area contributed by atoms with E-state index in [0.29, 0.717) is 18.3 Å². The van der Waals surface area contributed by atoms with Gasteiger partial charge in [-0.15, -0.1) is 24.0 Å². The molecule has 1 aromatic rings. The summed E-state index contributed by atoms with van der Waals surface area (Å²) in [5.41, 5.74) is 8.50. The van der Waals surface area contributed by atoms with Crippen LogP contribution in [0.5, 0.6) is 0 Å². The Morgan fingerprint density at radius 3 is 2.96 bits per heavy atom. The third kappa shape index (κ3) is 4.41. The van der Waals surface area contributed by atoms with E-state index in [1.807, 2.05) is 0 Å². The molecule has 5 nitrogen and oxygen atoms in total. The lowest BCUT2D eigenvalue weighted by molar-refractivity contribution is -0.119. The van der Waals surface area contributed by atoms with Crippen LogP contribution in [0.25, 0.3) is 0 Å². The number of carbonyl (C=O) groups excluding carboxylic acids is 1. The molecule has 6 heteroatoms. The number of hydrogen-bond donors (Lipinski definition) is 2. The highest BCUT2D eigenvalue weighted by Crippen LogP contribution is 2.61. The van der Waals surface area contributed by atoms with Crippen LogP contribution in [-0.4, -0.2) is 42.9 Å². The minimum atomic E-state index is -0.191. The van der Waals surface area contributed by atoms with Gasteiger partial charge in [0.1, 0.15) is 0 Å². The number of halogens is 1. The Labute approximate surface area is 179 Å². The molecule has 1 saturated carbocycles. The maximum absolute atomic E-state index is 11.3. The van der Waals surface area contributed by atoms with Crippen LogP contribution in [-0.2, 0) is 11.2 Å². The molecule has 4 rings (SSSR count). The normalized spacial score (nSPS) is 28.8. The van der Waals surface area contributed by atoms with Crippen LogP contribution in [0.15, 0.2) is 29.3 Å². The van der Waals surface area contributed by atoms with Crippen LogP contribution in [0.3, 0.4) is 0 Å². The van der Waals surface area contributed by atoms with Gasteiger partial charge < -0.3 is 16.0 Å². The summed E-state index contributed by atoms with van der Waals surface area (Å²) in [7, 11) is 0. The third-order valence-corrected chi connectivity index (χ3v) is 6.30. The van der Waals surface area contributed by atoms with E-state index < -0.39 is 0 Å². The van der Waals surface area contributed by atoms with Crippen molar-refractivity contribution in [3.8, 4) is 0 Å². The maximum atomic E-state index is 11.3. The Balaban J connectivity index is 0.00000210. The van der Waals surface area contributed by atoms with Crippen LogP contribution < -0.4 is 11.1 Å². The summed E-state index contributed by atoms with van der Waals surface area (Å²) >= 11 is 0. The molecular weight excluding hydrogens is 451 g/mol. The molecule has 4 atom stereocenters. The number of amides is 1. The van der Waals surface area contributed by atoms with Crippen molar-refractivity contribution in [1.82, 2.24) is 10.2 Å². The fourth-order valence-corrected chi connectivity index (χ4v) is 5.06. The number of carbonyl (C=O) groups is 1. The molecule has 1 aromatic carbocycles. The lowest BCUT2D eigenvalue weighted by atomic mass is 9.95. The molecule has 27 heavy (non-hydrogen) atoms. The Kier molecular flexibility index (Phi) is 6.65. The molecular formula is C21H31IN4O. The topological polar surface area (TPSA) is 70.7 Å². The summed E-state index contributed by atoms with van der Waals surface area (Å²) in [6.45, 7) is 5.79. The molecule has 1 heterocycles. The highest BCUT2D eigenvalue weighted by molar-refractivity contribution is 14.0. The number of nitrogens with two attached hydrogens (primary N) is 1. The zero-order chi connectivity index (χ0) is 18.1. The summed E-state index contributed by atoms with van der Waals surface area (Å²) in [5, 5.41) is 3.45. The Bertz CT molecular complexity index is 707. The second-order valence-corrected chi connectivity index (χ2v) is 8.08.